The van der Waals surface area contributed by atoms with Crippen molar-refractivity contribution in [3.8, 4) is 0 Å². The van der Waals surface area contributed by atoms with Gasteiger partial charge in [-0.2, -0.15) is 5.10 Å². The minimum atomic E-state index is -0.460. The number of hydrogen-bond acceptors (Lipinski definition) is 5. The molecule has 0 bridgehead atoms. The third kappa shape index (κ3) is 3.32. The van der Waals surface area contributed by atoms with Gasteiger partial charge in [-0.1, -0.05) is 0 Å². The largest absolute Gasteiger partial charge is 0.339 e. The van der Waals surface area contributed by atoms with Gasteiger partial charge in [-0.15, -0.1) is 0 Å². The molecule has 0 saturated carbocycles. The Hall–Kier alpha value is -1.96. The number of amides is 2. The number of likely N-dealkylation sites (N-methyl/N-ethyl adjacent to an activating group) is 1. The lowest BCUT2D eigenvalue weighted by atomic mass is 10.3. The third-order valence-electron chi connectivity index (χ3n) is 3.41. The molecule has 0 spiro atoms. The number of carbonyl (C=O) groups is 2. The predicted octanol–water partition coefficient (Wildman–Crippen LogP) is -1.27. The smallest absolute Gasteiger partial charge is 0.247 e. The maximum atomic E-state index is 12.2. The lowest BCUT2D eigenvalue weighted by Gasteiger charge is -2.29. The van der Waals surface area contributed by atoms with Crippen molar-refractivity contribution < 1.29 is 9.59 Å². The number of rotatable bonds is 4. The van der Waals surface area contributed by atoms with Gasteiger partial charge in [0.15, 0.2) is 0 Å². The normalized spacial score (nSPS) is 16.8. The Morgan fingerprint density at radius 1 is 1.40 bits per heavy atom. The quantitative estimate of drug-likeness (QED) is 0.743. The molecule has 2 amide bonds. The molecule has 110 valence electrons. The highest BCUT2D eigenvalue weighted by Crippen LogP contribution is 2.07. The molecule has 1 aromatic heterocycles. The zero-order chi connectivity index (χ0) is 14.5. The number of carbonyl (C=O) groups excluding carboxylic acids is 2. The minimum Gasteiger partial charge on any atom is -0.339 e. The van der Waals surface area contributed by atoms with E-state index in [1.54, 1.807) is 18.9 Å². The van der Waals surface area contributed by atoms with E-state index in [1.165, 1.54) is 22.2 Å². The lowest BCUT2D eigenvalue weighted by Crippen LogP contribution is -2.50. The molecule has 0 aliphatic carbocycles. The molecule has 20 heavy (non-hydrogen) atoms. The fourth-order valence-electron chi connectivity index (χ4n) is 2.14. The van der Waals surface area contributed by atoms with Crippen LogP contribution in [-0.2, 0) is 9.59 Å². The van der Waals surface area contributed by atoms with Crippen LogP contribution in [0.2, 0.25) is 0 Å². The first kappa shape index (κ1) is 14.4. The second kappa shape index (κ2) is 6.47. The van der Waals surface area contributed by atoms with Crippen LogP contribution in [0.3, 0.4) is 0 Å². The molecular weight excluding hydrogens is 260 g/mol. The van der Waals surface area contributed by atoms with Crippen LogP contribution in [0.4, 0.5) is 0 Å². The molecule has 8 heteroatoms. The fraction of sp³-hybridized carbons (Fsp3) is 0.667. The van der Waals surface area contributed by atoms with Gasteiger partial charge in [-0.3, -0.25) is 9.59 Å². The summed E-state index contributed by atoms with van der Waals surface area (Å²) in [6.45, 7) is 4.83. The Kier molecular flexibility index (Phi) is 4.67. The average molecular weight is 280 g/mol. The summed E-state index contributed by atoms with van der Waals surface area (Å²) in [5.41, 5.74) is 0. The fourth-order valence-corrected chi connectivity index (χ4v) is 2.14. The first-order valence-electron chi connectivity index (χ1n) is 6.67. The van der Waals surface area contributed by atoms with Crippen molar-refractivity contribution >= 4 is 11.8 Å². The van der Waals surface area contributed by atoms with E-state index >= 15 is 0 Å². The van der Waals surface area contributed by atoms with Crippen LogP contribution >= 0.6 is 0 Å². The molecule has 1 saturated heterocycles. The summed E-state index contributed by atoms with van der Waals surface area (Å²) >= 11 is 0. The maximum Gasteiger partial charge on any atom is 0.247 e. The monoisotopic (exact) mass is 280 g/mol. The summed E-state index contributed by atoms with van der Waals surface area (Å²) in [5.74, 6) is -0.174. The molecule has 1 aliphatic heterocycles. The van der Waals surface area contributed by atoms with Crippen LogP contribution in [-0.4, -0.2) is 76.2 Å². The van der Waals surface area contributed by atoms with Crippen LogP contribution in [0.15, 0.2) is 12.7 Å². The summed E-state index contributed by atoms with van der Waals surface area (Å²) in [7, 11) is 1.63. The third-order valence-corrected chi connectivity index (χ3v) is 3.41. The highest BCUT2D eigenvalue weighted by atomic mass is 16.2. The van der Waals surface area contributed by atoms with E-state index in [-0.39, 0.29) is 18.4 Å². The molecule has 2 heterocycles. The Labute approximate surface area is 117 Å². The summed E-state index contributed by atoms with van der Waals surface area (Å²) in [6, 6.07) is -0.460. The van der Waals surface area contributed by atoms with Gasteiger partial charge in [0.1, 0.15) is 18.7 Å². The van der Waals surface area contributed by atoms with Gasteiger partial charge in [-0.25, -0.2) is 9.67 Å². The van der Waals surface area contributed by atoms with E-state index in [9.17, 15) is 9.59 Å². The first-order chi connectivity index (χ1) is 9.59. The Morgan fingerprint density at radius 3 is 2.70 bits per heavy atom. The van der Waals surface area contributed by atoms with Crippen molar-refractivity contribution in [3.63, 3.8) is 0 Å². The van der Waals surface area contributed by atoms with Crippen LogP contribution in [0.25, 0.3) is 0 Å². The number of nitrogens with zero attached hydrogens (tertiary/aromatic N) is 5. The van der Waals surface area contributed by atoms with Crippen molar-refractivity contribution in [1.29, 1.82) is 0 Å². The number of hydrogen-bond donors (Lipinski definition) is 1. The van der Waals surface area contributed by atoms with Crippen molar-refractivity contribution in [1.82, 2.24) is 29.9 Å². The maximum absolute atomic E-state index is 12.2. The van der Waals surface area contributed by atoms with Gasteiger partial charge in [0, 0.05) is 33.2 Å². The van der Waals surface area contributed by atoms with Crippen molar-refractivity contribution in [3.05, 3.63) is 12.7 Å². The molecule has 1 aromatic rings. The van der Waals surface area contributed by atoms with Gasteiger partial charge in [0.25, 0.3) is 0 Å². The minimum absolute atomic E-state index is 0.0202. The molecule has 1 N–H and O–H groups in total. The summed E-state index contributed by atoms with van der Waals surface area (Å²) in [6.07, 6.45) is 2.88. The molecule has 1 atom stereocenters. The van der Waals surface area contributed by atoms with Gasteiger partial charge in [-0.05, 0) is 6.92 Å². The molecule has 2 rings (SSSR count). The van der Waals surface area contributed by atoms with Crippen molar-refractivity contribution in [2.75, 3.05) is 39.8 Å². The number of nitrogens with one attached hydrogen (secondary N) is 1. The number of piperazine rings is 1. The van der Waals surface area contributed by atoms with Crippen LogP contribution in [0, 0.1) is 0 Å². The highest BCUT2D eigenvalue weighted by Gasteiger charge is 2.24. The van der Waals surface area contributed by atoms with E-state index in [1.807, 2.05) is 0 Å². The van der Waals surface area contributed by atoms with E-state index in [0.29, 0.717) is 13.1 Å². The van der Waals surface area contributed by atoms with Gasteiger partial charge < -0.3 is 15.1 Å². The van der Waals surface area contributed by atoms with Crippen LogP contribution < -0.4 is 5.32 Å². The second-order valence-electron chi connectivity index (χ2n) is 4.88. The molecule has 1 fully saturated rings. The van der Waals surface area contributed by atoms with Gasteiger partial charge in [0.05, 0.1) is 6.54 Å². The molecule has 1 unspecified atom stereocenters. The van der Waals surface area contributed by atoms with E-state index in [2.05, 4.69) is 15.4 Å². The van der Waals surface area contributed by atoms with E-state index < -0.39 is 6.04 Å². The lowest BCUT2D eigenvalue weighted by molar-refractivity contribution is -0.141. The topological polar surface area (TPSA) is 83.4 Å². The zero-order valence-corrected chi connectivity index (χ0v) is 11.8. The Bertz CT molecular complexity index is 455. The van der Waals surface area contributed by atoms with Crippen LogP contribution in [0.5, 0.6) is 0 Å². The van der Waals surface area contributed by atoms with E-state index in [0.717, 1.165) is 13.1 Å². The molecule has 0 radical (unpaired) electrons. The van der Waals surface area contributed by atoms with Crippen molar-refractivity contribution in [2.24, 2.45) is 0 Å². The van der Waals surface area contributed by atoms with E-state index in [4.69, 9.17) is 0 Å². The molecular formula is C12H20N6O2. The first-order valence-corrected chi connectivity index (χ1v) is 6.67. The summed E-state index contributed by atoms with van der Waals surface area (Å²) < 4.78 is 1.48. The number of aromatic nitrogens is 3. The second-order valence-corrected chi connectivity index (χ2v) is 4.88. The standard InChI is InChI=1S/C12H20N6O2/c1-10(18-9-14-8-15-18)12(20)16(2)7-11(19)17-5-3-13-4-6-17/h8-10,13H,3-7H2,1-2H3. The highest BCUT2D eigenvalue weighted by molar-refractivity contribution is 5.86. The van der Waals surface area contributed by atoms with Crippen molar-refractivity contribution in [2.45, 2.75) is 13.0 Å². The summed E-state index contributed by atoms with van der Waals surface area (Å²) in [5, 5.41) is 7.13. The van der Waals surface area contributed by atoms with Crippen LogP contribution in [0.1, 0.15) is 13.0 Å². The zero-order valence-electron chi connectivity index (χ0n) is 11.8. The molecule has 1 aliphatic rings. The molecule has 8 nitrogen and oxygen atoms in total. The summed E-state index contributed by atoms with van der Waals surface area (Å²) in [4.78, 5) is 31.3. The van der Waals surface area contributed by atoms with Gasteiger partial charge in [0.2, 0.25) is 11.8 Å². The molecule has 0 aromatic carbocycles. The predicted molar refractivity (Wildman–Crippen MR) is 71.8 cm³/mol. The van der Waals surface area contributed by atoms with Gasteiger partial charge >= 0.3 is 0 Å². The average Bonchev–Trinajstić information content (AvgIpc) is 3.00. The Morgan fingerprint density at radius 2 is 2.10 bits per heavy atom. The Balaban J connectivity index is 1.88. The SMILES string of the molecule is CC(C(=O)N(C)CC(=O)N1CCNCC1)n1cncn1.